The average Bonchev–Trinajstić information content (AvgIpc) is 2.67. The number of thioether (sulfide) groups is 1. The van der Waals surface area contributed by atoms with Gasteiger partial charge in [-0.05, 0) is 18.2 Å². The molecule has 1 saturated heterocycles. The molecule has 0 aliphatic carbocycles. The van der Waals surface area contributed by atoms with Gasteiger partial charge in [0.25, 0.3) is 0 Å². The van der Waals surface area contributed by atoms with Gasteiger partial charge in [-0.25, -0.2) is 14.8 Å². The Kier molecular flexibility index (Phi) is 6.50. The van der Waals surface area contributed by atoms with Gasteiger partial charge in [-0.2, -0.15) is 0 Å². The van der Waals surface area contributed by atoms with Crippen molar-refractivity contribution in [1.29, 1.82) is 0 Å². The molecule has 0 spiro atoms. The van der Waals surface area contributed by atoms with Crippen LogP contribution in [0.3, 0.4) is 0 Å². The van der Waals surface area contributed by atoms with Crippen molar-refractivity contribution in [2.75, 3.05) is 25.4 Å². The van der Waals surface area contributed by atoms with Crippen molar-refractivity contribution in [1.82, 2.24) is 20.2 Å². The van der Waals surface area contributed by atoms with Gasteiger partial charge in [0.05, 0.1) is 0 Å². The van der Waals surface area contributed by atoms with Crippen LogP contribution in [0.25, 0.3) is 0 Å². The number of carbonyl (C=O) groups is 1. The van der Waals surface area contributed by atoms with Gasteiger partial charge in [0, 0.05) is 55.5 Å². The molecule has 7 heteroatoms. The number of piperidine rings is 1. The Morgan fingerprint density at radius 3 is 2.60 bits per heavy atom. The zero-order valence-corrected chi connectivity index (χ0v) is 14.8. The lowest BCUT2D eigenvalue weighted by Gasteiger charge is -2.31. The normalized spacial score (nSPS) is 15.0. The van der Waals surface area contributed by atoms with Crippen LogP contribution in [0.1, 0.15) is 12.8 Å². The van der Waals surface area contributed by atoms with E-state index < -0.39 is 0 Å². The number of urea groups is 1. The maximum atomic E-state index is 12.2. The molecule has 1 aromatic heterocycles. The van der Waals surface area contributed by atoms with Gasteiger partial charge in [0.15, 0.2) is 0 Å². The third-order valence-corrected chi connectivity index (χ3v) is 4.95. The van der Waals surface area contributed by atoms with Gasteiger partial charge < -0.3 is 15.0 Å². The molecule has 6 nitrogen and oxygen atoms in total. The molecule has 2 heterocycles. The van der Waals surface area contributed by atoms with Crippen LogP contribution in [-0.2, 0) is 0 Å². The van der Waals surface area contributed by atoms with E-state index in [2.05, 4.69) is 27.4 Å². The minimum atomic E-state index is 0.00285. The first-order valence-electron chi connectivity index (χ1n) is 8.45. The molecule has 0 atom stereocenters. The Morgan fingerprint density at radius 2 is 1.88 bits per heavy atom. The number of benzene rings is 1. The van der Waals surface area contributed by atoms with Crippen molar-refractivity contribution in [3.8, 4) is 6.01 Å². The number of aromatic nitrogens is 2. The predicted molar refractivity (Wildman–Crippen MR) is 97.8 cm³/mol. The molecule has 0 radical (unpaired) electrons. The molecule has 2 aromatic rings. The van der Waals surface area contributed by atoms with Gasteiger partial charge in [0.2, 0.25) is 0 Å². The minimum Gasteiger partial charge on any atom is -0.460 e. The van der Waals surface area contributed by atoms with Crippen LogP contribution in [0.4, 0.5) is 4.79 Å². The van der Waals surface area contributed by atoms with E-state index in [1.807, 2.05) is 23.1 Å². The highest BCUT2D eigenvalue weighted by molar-refractivity contribution is 7.99. The van der Waals surface area contributed by atoms with E-state index in [1.165, 1.54) is 4.90 Å². The van der Waals surface area contributed by atoms with E-state index in [4.69, 9.17) is 4.74 Å². The molecule has 132 valence electrons. The second-order valence-corrected chi connectivity index (χ2v) is 6.90. The van der Waals surface area contributed by atoms with E-state index >= 15 is 0 Å². The molecule has 1 aliphatic rings. The summed E-state index contributed by atoms with van der Waals surface area (Å²) in [6.45, 7) is 2.04. The number of hydrogen-bond donors (Lipinski definition) is 1. The van der Waals surface area contributed by atoms with E-state index in [0.717, 1.165) is 18.6 Å². The Balaban J connectivity index is 1.33. The molecule has 3 rings (SSSR count). The van der Waals surface area contributed by atoms with E-state index in [9.17, 15) is 4.79 Å². The standard InChI is InChI=1S/C18H22N4O2S/c23-18(21-11-14-25-16-5-2-1-3-6-16)22-12-7-15(8-13-22)24-17-19-9-4-10-20-17/h1-6,9-10,15H,7-8,11-14H2,(H,21,23). The summed E-state index contributed by atoms with van der Waals surface area (Å²) in [5.41, 5.74) is 0. The average molecular weight is 358 g/mol. The van der Waals surface area contributed by atoms with Crippen LogP contribution in [0.15, 0.2) is 53.7 Å². The van der Waals surface area contributed by atoms with Crippen LogP contribution < -0.4 is 10.1 Å². The summed E-state index contributed by atoms with van der Waals surface area (Å²) < 4.78 is 5.75. The van der Waals surface area contributed by atoms with Crippen molar-refractivity contribution in [3.05, 3.63) is 48.8 Å². The molecule has 0 unspecified atom stereocenters. The third-order valence-electron chi connectivity index (χ3n) is 3.93. The summed E-state index contributed by atoms with van der Waals surface area (Å²) in [6, 6.07) is 12.4. The monoisotopic (exact) mass is 358 g/mol. The van der Waals surface area contributed by atoms with Crippen molar-refractivity contribution in [2.45, 2.75) is 23.8 Å². The van der Waals surface area contributed by atoms with E-state index in [1.54, 1.807) is 30.2 Å². The van der Waals surface area contributed by atoms with Crippen molar-refractivity contribution in [2.24, 2.45) is 0 Å². The lowest BCUT2D eigenvalue weighted by atomic mass is 10.1. The highest BCUT2D eigenvalue weighted by Crippen LogP contribution is 2.17. The number of amides is 2. The molecule has 1 fully saturated rings. The number of hydrogen-bond acceptors (Lipinski definition) is 5. The highest BCUT2D eigenvalue weighted by Gasteiger charge is 2.24. The third kappa shape index (κ3) is 5.63. The first-order chi connectivity index (χ1) is 12.3. The summed E-state index contributed by atoms with van der Waals surface area (Å²) in [5.74, 6) is 0.862. The smallest absolute Gasteiger partial charge is 0.317 e. The van der Waals surface area contributed by atoms with Crippen LogP contribution in [0, 0.1) is 0 Å². The summed E-state index contributed by atoms with van der Waals surface area (Å²) >= 11 is 1.74. The molecule has 0 bridgehead atoms. The molecule has 0 saturated carbocycles. The lowest BCUT2D eigenvalue weighted by Crippen LogP contribution is -2.47. The Bertz CT molecular complexity index is 649. The first-order valence-corrected chi connectivity index (χ1v) is 9.44. The maximum absolute atomic E-state index is 12.2. The fraction of sp³-hybridized carbons (Fsp3) is 0.389. The van der Waals surface area contributed by atoms with E-state index in [-0.39, 0.29) is 12.1 Å². The second-order valence-electron chi connectivity index (χ2n) is 5.73. The van der Waals surface area contributed by atoms with Crippen molar-refractivity contribution < 1.29 is 9.53 Å². The number of nitrogens with one attached hydrogen (secondary N) is 1. The Morgan fingerprint density at radius 1 is 1.16 bits per heavy atom. The number of likely N-dealkylation sites (tertiary alicyclic amines) is 1. The summed E-state index contributed by atoms with van der Waals surface area (Å²) in [5, 5.41) is 2.99. The minimum absolute atomic E-state index is 0.00285. The molecule has 2 amide bonds. The predicted octanol–water partition coefficient (Wildman–Crippen LogP) is 2.82. The van der Waals surface area contributed by atoms with Gasteiger partial charge >= 0.3 is 12.0 Å². The summed E-state index contributed by atoms with van der Waals surface area (Å²) in [7, 11) is 0. The summed E-state index contributed by atoms with van der Waals surface area (Å²) in [6.07, 6.45) is 4.99. The first kappa shape index (κ1) is 17.5. The zero-order valence-electron chi connectivity index (χ0n) is 14.0. The largest absolute Gasteiger partial charge is 0.460 e. The second kappa shape index (κ2) is 9.27. The van der Waals surface area contributed by atoms with Gasteiger partial charge in [0.1, 0.15) is 6.10 Å². The van der Waals surface area contributed by atoms with Crippen LogP contribution in [0.2, 0.25) is 0 Å². The van der Waals surface area contributed by atoms with Gasteiger partial charge in [-0.15, -0.1) is 11.8 Å². The Hall–Kier alpha value is -2.28. The molecule has 1 N–H and O–H groups in total. The van der Waals surface area contributed by atoms with Crippen LogP contribution in [-0.4, -0.2) is 52.4 Å². The van der Waals surface area contributed by atoms with Crippen LogP contribution >= 0.6 is 11.8 Å². The number of nitrogens with zero attached hydrogens (tertiary/aromatic N) is 3. The van der Waals surface area contributed by atoms with Crippen molar-refractivity contribution in [3.63, 3.8) is 0 Å². The molecule has 1 aliphatic heterocycles. The fourth-order valence-corrected chi connectivity index (χ4v) is 3.42. The quantitative estimate of drug-likeness (QED) is 0.635. The zero-order chi connectivity index (χ0) is 17.3. The number of rotatable bonds is 6. The highest BCUT2D eigenvalue weighted by atomic mass is 32.2. The Labute approximate surface area is 152 Å². The summed E-state index contributed by atoms with van der Waals surface area (Å²) in [4.78, 5) is 23.4. The lowest BCUT2D eigenvalue weighted by molar-refractivity contribution is 0.103. The SMILES string of the molecule is O=C(NCCSc1ccccc1)N1CCC(Oc2ncccn2)CC1. The molecular weight excluding hydrogens is 336 g/mol. The van der Waals surface area contributed by atoms with Gasteiger partial charge in [-0.3, -0.25) is 0 Å². The van der Waals surface area contributed by atoms with E-state index in [0.29, 0.717) is 25.6 Å². The van der Waals surface area contributed by atoms with Crippen LogP contribution in [0.5, 0.6) is 6.01 Å². The maximum Gasteiger partial charge on any atom is 0.317 e. The molecule has 25 heavy (non-hydrogen) atoms. The molecular formula is C18H22N4O2S. The van der Waals surface area contributed by atoms with Gasteiger partial charge in [-0.1, -0.05) is 18.2 Å². The topological polar surface area (TPSA) is 67.4 Å². The number of ether oxygens (including phenoxy) is 1. The van der Waals surface area contributed by atoms with Crippen molar-refractivity contribution >= 4 is 17.8 Å². The fourth-order valence-electron chi connectivity index (χ4n) is 2.63. The number of carbonyl (C=O) groups excluding carboxylic acids is 1. The molecule has 1 aromatic carbocycles.